The lowest BCUT2D eigenvalue weighted by atomic mass is 9.71. The molecule has 4 heterocycles. The fourth-order valence-corrected chi connectivity index (χ4v) is 5.63. The molecule has 3 fully saturated rings. The van der Waals surface area contributed by atoms with Gasteiger partial charge in [0.2, 0.25) is 0 Å². The summed E-state index contributed by atoms with van der Waals surface area (Å²) in [4.78, 5) is 36.4. The first kappa shape index (κ1) is 18.7. The number of aromatic nitrogens is 2. The van der Waals surface area contributed by atoms with Gasteiger partial charge in [-0.2, -0.15) is 0 Å². The van der Waals surface area contributed by atoms with Gasteiger partial charge in [0.1, 0.15) is 0 Å². The van der Waals surface area contributed by atoms with Gasteiger partial charge in [-0.15, -0.1) is 0 Å². The van der Waals surface area contributed by atoms with Gasteiger partial charge in [0, 0.05) is 37.6 Å². The van der Waals surface area contributed by atoms with Crippen LogP contribution in [0.25, 0.3) is 0 Å². The van der Waals surface area contributed by atoms with E-state index in [2.05, 4.69) is 28.7 Å². The zero-order chi connectivity index (χ0) is 19.0. The maximum Gasteiger partial charge on any atom is 0.279 e. The van der Waals surface area contributed by atoms with Crippen LogP contribution in [0.3, 0.4) is 0 Å². The SMILES string of the molecule is CC(C)CC[C@H]1[C@H]2C[C@H](CN(C(=O)c3ncc[nH]c3=O)C2)[C@@H]2CCCCN21. The molecule has 148 valence electrons. The van der Waals surface area contributed by atoms with E-state index in [4.69, 9.17) is 0 Å². The van der Waals surface area contributed by atoms with Crippen LogP contribution in [0, 0.1) is 17.8 Å². The summed E-state index contributed by atoms with van der Waals surface area (Å²) in [7, 11) is 0. The summed E-state index contributed by atoms with van der Waals surface area (Å²) < 4.78 is 0. The van der Waals surface area contributed by atoms with Gasteiger partial charge in [-0.25, -0.2) is 4.98 Å². The van der Waals surface area contributed by atoms with Crippen molar-refractivity contribution in [2.75, 3.05) is 19.6 Å². The predicted octanol–water partition coefficient (Wildman–Crippen LogP) is 2.52. The van der Waals surface area contributed by atoms with Crippen molar-refractivity contribution in [1.82, 2.24) is 19.8 Å². The van der Waals surface area contributed by atoms with Crippen molar-refractivity contribution in [3.8, 4) is 0 Å². The van der Waals surface area contributed by atoms with Gasteiger partial charge < -0.3 is 9.88 Å². The molecule has 6 heteroatoms. The normalized spacial score (nSPS) is 31.0. The van der Waals surface area contributed by atoms with Crippen LogP contribution in [-0.4, -0.2) is 57.4 Å². The van der Waals surface area contributed by atoms with Crippen molar-refractivity contribution in [1.29, 1.82) is 0 Å². The Morgan fingerprint density at radius 1 is 1.30 bits per heavy atom. The molecule has 6 nitrogen and oxygen atoms in total. The summed E-state index contributed by atoms with van der Waals surface area (Å²) >= 11 is 0. The second-order valence-corrected chi connectivity index (χ2v) is 9.07. The van der Waals surface area contributed by atoms with E-state index in [1.54, 1.807) is 0 Å². The summed E-state index contributed by atoms with van der Waals surface area (Å²) in [6.45, 7) is 7.34. The van der Waals surface area contributed by atoms with E-state index in [-0.39, 0.29) is 17.2 Å². The van der Waals surface area contributed by atoms with Crippen molar-refractivity contribution < 1.29 is 4.79 Å². The molecule has 1 amide bonds. The fourth-order valence-electron chi connectivity index (χ4n) is 5.63. The molecule has 27 heavy (non-hydrogen) atoms. The molecule has 2 bridgehead atoms. The molecule has 0 spiro atoms. The topological polar surface area (TPSA) is 69.3 Å². The van der Waals surface area contributed by atoms with Gasteiger partial charge in [-0.3, -0.25) is 14.5 Å². The number of rotatable bonds is 4. The van der Waals surface area contributed by atoms with Crippen LogP contribution in [0.15, 0.2) is 17.2 Å². The number of carbonyl (C=O) groups is 1. The van der Waals surface area contributed by atoms with Gasteiger partial charge in [-0.1, -0.05) is 20.3 Å². The van der Waals surface area contributed by atoms with Gasteiger partial charge in [0.25, 0.3) is 11.5 Å². The van der Waals surface area contributed by atoms with Crippen molar-refractivity contribution in [2.24, 2.45) is 17.8 Å². The van der Waals surface area contributed by atoms with Crippen LogP contribution in [0.4, 0.5) is 0 Å². The number of H-pyrrole nitrogens is 1. The average molecular weight is 373 g/mol. The van der Waals surface area contributed by atoms with Crippen LogP contribution < -0.4 is 5.56 Å². The molecule has 4 atom stereocenters. The zero-order valence-corrected chi connectivity index (χ0v) is 16.6. The maximum absolute atomic E-state index is 13.0. The molecule has 3 aliphatic rings. The highest BCUT2D eigenvalue weighted by molar-refractivity contribution is 5.92. The largest absolute Gasteiger partial charge is 0.336 e. The number of carbonyl (C=O) groups excluding carboxylic acids is 1. The number of piperidine rings is 3. The predicted molar refractivity (Wildman–Crippen MR) is 105 cm³/mol. The summed E-state index contributed by atoms with van der Waals surface area (Å²) in [5.41, 5.74) is -0.342. The number of hydrogen-bond donors (Lipinski definition) is 1. The van der Waals surface area contributed by atoms with E-state index in [0.29, 0.717) is 29.8 Å². The van der Waals surface area contributed by atoms with Gasteiger partial charge in [-0.05, 0) is 56.4 Å². The summed E-state index contributed by atoms with van der Waals surface area (Å²) in [6.07, 6.45) is 10.5. The van der Waals surface area contributed by atoms with Crippen LogP contribution in [0.2, 0.25) is 0 Å². The average Bonchev–Trinajstić information content (AvgIpc) is 2.67. The fraction of sp³-hybridized carbons (Fsp3) is 0.762. The number of nitrogens with one attached hydrogen (secondary N) is 1. The molecule has 1 aromatic rings. The number of amides is 1. The minimum atomic E-state index is -0.381. The summed E-state index contributed by atoms with van der Waals surface area (Å²) in [6, 6.07) is 1.18. The molecule has 0 unspecified atom stereocenters. The van der Waals surface area contributed by atoms with Crippen molar-refractivity contribution in [3.05, 3.63) is 28.4 Å². The number of fused-ring (bicyclic) bond motifs is 4. The molecule has 3 aliphatic heterocycles. The Hall–Kier alpha value is -1.69. The Kier molecular flexibility index (Phi) is 5.35. The number of aromatic amines is 1. The molecular formula is C21H32N4O2. The van der Waals surface area contributed by atoms with Gasteiger partial charge >= 0.3 is 0 Å². The van der Waals surface area contributed by atoms with Crippen LogP contribution >= 0.6 is 0 Å². The third kappa shape index (κ3) is 3.68. The monoisotopic (exact) mass is 372 g/mol. The lowest BCUT2D eigenvalue weighted by Crippen LogP contribution is -2.64. The van der Waals surface area contributed by atoms with E-state index in [0.717, 1.165) is 13.1 Å². The molecule has 1 aromatic heterocycles. The van der Waals surface area contributed by atoms with Crippen LogP contribution in [0.5, 0.6) is 0 Å². The molecule has 0 aromatic carbocycles. The van der Waals surface area contributed by atoms with E-state index in [1.807, 2.05) is 4.90 Å². The van der Waals surface area contributed by atoms with Crippen molar-refractivity contribution >= 4 is 5.91 Å². The molecular weight excluding hydrogens is 340 g/mol. The second-order valence-electron chi connectivity index (χ2n) is 9.07. The minimum absolute atomic E-state index is 0.0386. The highest BCUT2D eigenvalue weighted by Crippen LogP contribution is 2.42. The molecule has 0 radical (unpaired) electrons. The Morgan fingerprint density at radius 2 is 2.11 bits per heavy atom. The van der Waals surface area contributed by atoms with E-state index >= 15 is 0 Å². The Balaban J connectivity index is 1.57. The molecule has 1 N–H and O–H groups in total. The van der Waals surface area contributed by atoms with Gasteiger partial charge in [0.05, 0.1) is 0 Å². The first-order valence-corrected chi connectivity index (χ1v) is 10.6. The first-order valence-electron chi connectivity index (χ1n) is 10.6. The highest BCUT2D eigenvalue weighted by atomic mass is 16.2. The first-order chi connectivity index (χ1) is 13.0. The van der Waals surface area contributed by atoms with Crippen LogP contribution in [-0.2, 0) is 0 Å². The molecule has 4 rings (SSSR count). The Labute approximate surface area is 161 Å². The quantitative estimate of drug-likeness (QED) is 0.882. The van der Waals surface area contributed by atoms with E-state index in [9.17, 15) is 9.59 Å². The molecule has 0 saturated carbocycles. The van der Waals surface area contributed by atoms with Crippen molar-refractivity contribution in [2.45, 2.75) is 64.5 Å². The molecule has 0 aliphatic carbocycles. The molecule has 3 saturated heterocycles. The van der Waals surface area contributed by atoms with E-state index in [1.165, 1.54) is 57.5 Å². The maximum atomic E-state index is 13.0. The Morgan fingerprint density at radius 3 is 2.89 bits per heavy atom. The standard InChI is InChI=1S/C21H32N4O2/c1-14(2)6-7-18-16-11-15(17-5-3-4-10-25(17)18)12-24(13-16)21(27)19-20(26)23-9-8-22-19/h8-9,14-18H,3-7,10-13H2,1-2H3,(H,23,26)/t15-,16+,17+,18+/m1/s1. The Bertz CT molecular complexity index is 731. The minimum Gasteiger partial charge on any atom is -0.336 e. The van der Waals surface area contributed by atoms with E-state index < -0.39 is 0 Å². The van der Waals surface area contributed by atoms with Gasteiger partial charge in [0.15, 0.2) is 5.69 Å². The smallest absolute Gasteiger partial charge is 0.279 e. The number of hydrogen-bond acceptors (Lipinski definition) is 4. The third-order valence-corrected chi connectivity index (χ3v) is 6.86. The number of nitrogens with zero attached hydrogens (tertiary/aromatic N) is 3. The lowest BCUT2D eigenvalue weighted by Gasteiger charge is -2.57. The third-order valence-electron chi connectivity index (χ3n) is 6.86. The summed E-state index contributed by atoms with van der Waals surface area (Å²) in [5, 5.41) is 0. The lowest BCUT2D eigenvalue weighted by molar-refractivity contribution is -0.0682. The number of likely N-dealkylation sites (tertiary alicyclic amines) is 1. The highest BCUT2D eigenvalue weighted by Gasteiger charge is 2.47. The van der Waals surface area contributed by atoms with Crippen LogP contribution in [0.1, 0.15) is 62.9 Å². The van der Waals surface area contributed by atoms with Crippen molar-refractivity contribution in [3.63, 3.8) is 0 Å². The second kappa shape index (κ2) is 7.74. The summed E-state index contributed by atoms with van der Waals surface area (Å²) in [5.74, 6) is 1.56. The zero-order valence-electron chi connectivity index (χ0n) is 16.6.